The second-order valence-corrected chi connectivity index (χ2v) is 7.18. The van der Waals surface area contributed by atoms with E-state index >= 15 is 0 Å². The van der Waals surface area contributed by atoms with Crippen LogP contribution in [0.2, 0.25) is 5.02 Å². The molecule has 6 nitrogen and oxygen atoms in total. The van der Waals surface area contributed by atoms with Gasteiger partial charge in [0.05, 0.1) is 23.6 Å². The standard InChI is InChI=1S/C18H15ClFN3O3S/c1-10(16(24)21-14-9-11(19)7-8-15(14)25-2)27-18-23-22-17(26-18)12-5-3-4-6-13(12)20/h3-10H,1-2H3,(H,21,24)/t10-/m1/s1. The number of aromatic nitrogens is 2. The number of benzene rings is 2. The minimum absolute atomic E-state index is 0.0553. The summed E-state index contributed by atoms with van der Waals surface area (Å²) >= 11 is 7.03. The molecule has 0 aliphatic rings. The van der Waals surface area contributed by atoms with E-state index in [0.717, 1.165) is 11.8 Å². The number of carbonyl (C=O) groups excluding carboxylic acids is 1. The van der Waals surface area contributed by atoms with E-state index < -0.39 is 11.1 Å². The van der Waals surface area contributed by atoms with Crippen molar-refractivity contribution in [2.45, 2.75) is 17.4 Å². The first-order chi connectivity index (χ1) is 13.0. The fourth-order valence-corrected chi connectivity index (χ4v) is 3.07. The van der Waals surface area contributed by atoms with Crippen molar-refractivity contribution >= 4 is 35.0 Å². The number of carbonyl (C=O) groups is 1. The molecule has 1 N–H and O–H groups in total. The molecule has 0 spiro atoms. The molecule has 0 aliphatic heterocycles. The van der Waals surface area contributed by atoms with Crippen molar-refractivity contribution < 1.29 is 18.3 Å². The Morgan fingerprint density at radius 2 is 2.07 bits per heavy atom. The monoisotopic (exact) mass is 407 g/mol. The lowest BCUT2D eigenvalue weighted by Gasteiger charge is -2.13. The Morgan fingerprint density at radius 1 is 1.30 bits per heavy atom. The van der Waals surface area contributed by atoms with Gasteiger partial charge in [0.25, 0.3) is 11.1 Å². The topological polar surface area (TPSA) is 77.2 Å². The van der Waals surface area contributed by atoms with E-state index in [2.05, 4.69) is 15.5 Å². The molecule has 1 aromatic heterocycles. The summed E-state index contributed by atoms with van der Waals surface area (Å²) in [5.74, 6) is -0.216. The third-order valence-corrected chi connectivity index (χ3v) is 4.75. The van der Waals surface area contributed by atoms with E-state index in [1.54, 1.807) is 43.3 Å². The summed E-state index contributed by atoms with van der Waals surface area (Å²) in [6, 6.07) is 11.0. The van der Waals surface area contributed by atoms with Gasteiger partial charge in [-0.2, -0.15) is 0 Å². The fourth-order valence-electron chi connectivity index (χ4n) is 2.22. The van der Waals surface area contributed by atoms with Gasteiger partial charge >= 0.3 is 0 Å². The molecule has 0 saturated heterocycles. The molecule has 9 heteroatoms. The van der Waals surface area contributed by atoms with Crippen molar-refractivity contribution in [1.29, 1.82) is 0 Å². The number of halogens is 2. The van der Waals surface area contributed by atoms with Crippen LogP contribution >= 0.6 is 23.4 Å². The van der Waals surface area contributed by atoms with Crippen LogP contribution in [0.25, 0.3) is 11.5 Å². The smallest absolute Gasteiger partial charge is 0.277 e. The van der Waals surface area contributed by atoms with Crippen LogP contribution in [0.1, 0.15) is 6.92 Å². The van der Waals surface area contributed by atoms with E-state index in [-0.39, 0.29) is 22.6 Å². The molecular formula is C18H15ClFN3O3S. The van der Waals surface area contributed by atoms with Crippen LogP contribution in [0, 0.1) is 5.82 Å². The van der Waals surface area contributed by atoms with Crippen LogP contribution in [0.3, 0.4) is 0 Å². The van der Waals surface area contributed by atoms with Crippen molar-refractivity contribution in [3.63, 3.8) is 0 Å². The first-order valence-electron chi connectivity index (χ1n) is 7.87. The maximum atomic E-state index is 13.8. The van der Waals surface area contributed by atoms with Gasteiger partial charge in [-0.15, -0.1) is 10.2 Å². The maximum Gasteiger partial charge on any atom is 0.277 e. The first kappa shape index (κ1) is 19.2. The Kier molecular flexibility index (Phi) is 5.98. The van der Waals surface area contributed by atoms with E-state index in [0.29, 0.717) is 16.5 Å². The lowest BCUT2D eigenvalue weighted by molar-refractivity contribution is -0.115. The highest BCUT2D eigenvalue weighted by atomic mass is 35.5. The molecular weight excluding hydrogens is 393 g/mol. The summed E-state index contributed by atoms with van der Waals surface area (Å²) in [6.07, 6.45) is 0. The molecule has 0 bridgehead atoms. The summed E-state index contributed by atoms with van der Waals surface area (Å²) in [5.41, 5.74) is 0.664. The number of hydrogen-bond acceptors (Lipinski definition) is 6. The van der Waals surface area contributed by atoms with E-state index in [9.17, 15) is 9.18 Å². The number of amides is 1. The molecule has 0 aliphatic carbocycles. The van der Waals surface area contributed by atoms with Crippen LogP contribution in [0.15, 0.2) is 52.1 Å². The van der Waals surface area contributed by atoms with Crippen molar-refractivity contribution in [1.82, 2.24) is 10.2 Å². The van der Waals surface area contributed by atoms with E-state index in [1.807, 2.05) is 0 Å². The molecule has 0 saturated carbocycles. The third-order valence-electron chi connectivity index (χ3n) is 3.58. The van der Waals surface area contributed by atoms with Gasteiger partial charge in [0, 0.05) is 5.02 Å². The van der Waals surface area contributed by atoms with Crippen molar-refractivity contribution in [2.75, 3.05) is 12.4 Å². The van der Waals surface area contributed by atoms with Gasteiger partial charge in [0.2, 0.25) is 5.91 Å². The number of methoxy groups -OCH3 is 1. The minimum atomic E-state index is -0.553. The number of thioether (sulfide) groups is 1. The normalized spacial score (nSPS) is 11.9. The Morgan fingerprint density at radius 3 is 2.81 bits per heavy atom. The highest BCUT2D eigenvalue weighted by Gasteiger charge is 2.21. The number of anilines is 1. The molecule has 27 heavy (non-hydrogen) atoms. The van der Waals surface area contributed by atoms with Crippen LogP contribution in [0.5, 0.6) is 5.75 Å². The number of nitrogens with one attached hydrogen (secondary N) is 1. The van der Waals surface area contributed by atoms with Gasteiger partial charge in [-0.05, 0) is 37.3 Å². The zero-order valence-corrected chi connectivity index (χ0v) is 16.0. The molecule has 0 radical (unpaired) electrons. The molecule has 1 amide bonds. The first-order valence-corrected chi connectivity index (χ1v) is 9.13. The molecule has 3 rings (SSSR count). The lowest BCUT2D eigenvalue weighted by Crippen LogP contribution is -2.22. The van der Waals surface area contributed by atoms with Gasteiger partial charge in [-0.25, -0.2) is 4.39 Å². The van der Waals surface area contributed by atoms with Gasteiger partial charge in [-0.3, -0.25) is 4.79 Å². The average molecular weight is 408 g/mol. The van der Waals surface area contributed by atoms with Gasteiger partial charge in [0.1, 0.15) is 11.6 Å². The van der Waals surface area contributed by atoms with Crippen molar-refractivity contribution in [3.05, 3.63) is 53.3 Å². The predicted octanol–water partition coefficient (Wildman–Crippen LogP) is 4.66. The maximum absolute atomic E-state index is 13.8. The molecule has 1 atom stereocenters. The highest BCUT2D eigenvalue weighted by molar-refractivity contribution is 8.00. The zero-order chi connectivity index (χ0) is 19.4. The molecule has 1 heterocycles. The Hall–Kier alpha value is -2.58. The third kappa shape index (κ3) is 4.58. The van der Waals surface area contributed by atoms with Crippen LogP contribution in [0.4, 0.5) is 10.1 Å². The van der Waals surface area contributed by atoms with Crippen molar-refractivity contribution in [3.8, 4) is 17.2 Å². The summed E-state index contributed by atoms with van der Waals surface area (Å²) in [6.45, 7) is 1.68. The fraction of sp³-hybridized carbons (Fsp3) is 0.167. The average Bonchev–Trinajstić information content (AvgIpc) is 3.10. The predicted molar refractivity (Wildman–Crippen MR) is 102 cm³/mol. The van der Waals surface area contributed by atoms with Crippen molar-refractivity contribution in [2.24, 2.45) is 0 Å². The van der Waals surface area contributed by atoms with E-state index in [4.69, 9.17) is 20.8 Å². The van der Waals surface area contributed by atoms with Crippen LogP contribution in [-0.2, 0) is 4.79 Å². The van der Waals surface area contributed by atoms with Gasteiger partial charge in [-0.1, -0.05) is 35.5 Å². The largest absolute Gasteiger partial charge is 0.495 e. The Balaban J connectivity index is 1.69. The van der Waals surface area contributed by atoms with E-state index in [1.165, 1.54) is 13.2 Å². The number of rotatable bonds is 6. The molecule has 2 aromatic carbocycles. The SMILES string of the molecule is COc1ccc(Cl)cc1NC(=O)[C@@H](C)Sc1nnc(-c2ccccc2F)o1. The van der Waals surface area contributed by atoms with Gasteiger partial charge < -0.3 is 14.5 Å². The summed E-state index contributed by atoms with van der Waals surface area (Å²) < 4.78 is 24.5. The van der Waals surface area contributed by atoms with Crippen LogP contribution < -0.4 is 10.1 Å². The molecule has 0 unspecified atom stereocenters. The zero-order valence-electron chi connectivity index (χ0n) is 14.4. The number of nitrogens with zero attached hydrogens (tertiary/aromatic N) is 2. The molecule has 0 fully saturated rings. The number of hydrogen-bond donors (Lipinski definition) is 1. The summed E-state index contributed by atoms with van der Waals surface area (Å²) in [5, 5.41) is 10.5. The van der Waals surface area contributed by atoms with Gasteiger partial charge in [0.15, 0.2) is 0 Å². The molecule has 140 valence electrons. The summed E-state index contributed by atoms with van der Waals surface area (Å²) in [4.78, 5) is 12.4. The second kappa shape index (κ2) is 8.41. The highest BCUT2D eigenvalue weighted by Crippen LogP contribution is 2.30. The Labute approximate surface area is 164 Å². The Bertz CT molecular complexity index is 967. The quantitative estimate of drug-likeness (QED) is 0.599. The second-order valence-electron chi connectivity index (χ2n) is 5.45. The minimum Gasteiger partial charge on any atom is -0.495 e. The number of ether oxygens (including phenoxy) is 1. The summed E-state index contributed by atoms with van der Waals surface area (Å²) in [7, 11) is 1.50. The molecule has 3 aromatic rings. The lowest BCUT2D eigenvalue weighted by atomic mass is 10.2. The van der Waals surface area contributed by atoms with Crippen LogP contribution in [-0.4, -0.2) is 28.5 Å².